The van der Waals surface area contributed by atoms with Crippen LogP contribution in [0, 0.1) is 0 Å². The molecule has 7 nitrogen and oxygen atoms in total. The van der Waals surface area contributed by atoms with Crippen LogP contribution in [0.15, 0.2) is 23.1 Å². The summed E-state index contributed by atoms with van der Waals surface area (Å²) in [5, 5.41) is 14.0. The van der Waals surface area contributed by atoms with Crippen LogP contribution >= 0.6 is 11.6 Å². The molecule has 1 atom stereocenters. The molecule has 8 heteroatoms. The Bertz CT molecular complexity index is 735. The van der Waals surface area contributed by atoms with Crippen molar-refractivity contribution >= 4 is 17.6 Å². The minimum absolute atomic E-state index is 0.197. The molecule has 0 saturated carbocycles. The quantitative estimate of drug-likeness (QED) is 0.917. The largest absolute Gasteiger partial charge is 0.480 e. The number of hydrogen-bond donors (Lipinski definition) is 1. The molecule has 1 aliphatic rings. The molecular formula is C13H13ClN4O3. The van der Waals surface area contributed by atoms with E-state index in [1.807, 2.05) is 0 Å². The molecule has 1 aliphatic heterocycles. The van der Waals surface area contributed by atoms with Gasteiger partial charge in [0.1, 0.15) is 11.9 Å². The number of pyridine rings is 1. The Morgan fingerprint density at radius 1 is 1.48 bits per heavy atom. The summed E-state index contributed by atoms with van der Waals surface area (Å²) in [6.07, 6.45) is 3.28. The van der Waals surface area contributed by atoms with Crippen molar-refractivity contribution in [2.75, 3.05) is 0 Å². The summed E-state index contributed by atoms with van der Waals surface area (Å²) in [6, 6.07) is 2.57. The molecule has 0 spiro atoms. The van der Waals surface area contributed by atoms with Crippen molar-refractivity contribution in [2.45, 2.75) is 31.8 Å². The highest BCUT2D eigenvalue weighted by atomic mass is 35.5. The molecule has 0 fully saturated rings. The summed E-state index contributed by atoms with van der Waals surface area (Å²) in [6.45, 7) is 0.197. The third-order valence-corrected chi connectivity index (χ3v) is 3.74. The number of halogens is 1. The van der Waals surface area contributed by atoms with E-state index in [1.54, 1.807) is 12.1 Å². The number of carboxylic acids is 1. The highest BCUT2D eigenvalue weighted by Gasteiger charge is 2.30. The first-order valence-electron chi connectivity index (χ1n) is 6.57. The van der Waals surface area contributed by atoms with Crippen LogP contribution in [0.5, 0.6) is 0 Å². The monoisotopic (exact) mass is 308 g/mol. The normalized spacial score (nSPS) is 17.5. The van der Waals surface area contributed by atoms with E-state index < -0.39 is 17.7 Å². The highest BCUT2D eigenvalue weighted by Crippen LogP contribution is 2.21. The van der Waals surface area contributed by atoms with Gasteiger partial charge in [0.25, 0.3) is 0 Å². The lowest BCUT2D eigenvalue weighted by Gasteiger charge is -2.19. The molecule has 0 unspecified atom stereocenters. The number of rotatable bonds is 3. The van der Waals surface area contributed by atoms with Crippen molar-refractivity contribution in [1.82, 2.24) is 19.3 Å². The molecule has 1 N–H and O–H groups in total. The molecule has 21 heavy (non-hydrogen) atoms. The fourth-order valence-corrected chi connectivity index (χ4v) is 2.63. The zero-order valence-corrected chi connectivity index (χ0v) is 11.8. The Hall–Kier alpha value is -2.15. The van der Waals surface area contributed by atoms with E-state index in [0.29, 0.717) is 35.8 Å². The Morgan fingerprint density at radius 3 is 2.95 bits per heavy atom. The number of carboxylic acid groups (broad SMARTS) is 1. The van der Waals surface area contributed by atoms with E-state index in [-0.39, 0.29) is 6.54 Å². The van der Waals surface area contributed by atoms with Gasteiger partial charge in [0.15, 0.2) is 0 Å². The fraction of sp³-hybridized carbons (Fsp3) is 0.385. The third kappa shape index (κ3) is 2.56. The molecule has 3 heterocycles. The molecule has 3 rings (SSSR count). The maximum Gasteiger partial charge on any atom is 0.347 e. The van der Waals surface area contributed by atoms with Crippen LogP contribution in [0.3, 0.4) is 0 Å². The third-order valence-electron chi connectivity index (χ3n) is 3.52. The number of carbonyl (C=O) groups is 1. The van der Waals surface area contributed by atoms with Crippen LogP contribution in [0.1, 0.15) is 30.4 Å². The Morgan fingerprint density at radius 2 is 2.29 bits per heavy atom. The minimum Gasteiger partial charge on any atom is -0.480 e. The Labute approximate surface area is 124 Å². The number of fused-ring (bicyclic) bond motifs is 1. The summed E-state index contributed by atoms with van der Waals surface area (Å²) in [5.41, 5.74) is 0.234. The van der Waals surface area contributed by atoms with Gasteiger partial charge in [-0.2, -0.15) is 5.10 Å². The van der Waals surface area contributed by atoms with Crippen molar-refractivity contribution in [3.8, 4) is 0 Å². The van der Waals surface area contributed by atoms with E-state index in [4.69, 9.17) is 11.6 Å². The van der Waals surface area contributed by atoms with Crippen LogP contribution < -0.4 is 5.69 Å². The minimum atomic E-state index is -0.998. The lowest BCUT2D eigenvalue weighted by atomic mass is 10.1. The average molecular weight is 309 g/mol. The van der Waals surface area contributed by atoms with E-state index in [0.717, 1.165) is 0 Å². The summed E-state index contributed by atoms with van der Waals surface area (Å²) < 4.78 is 2.54. The predicted octanol–water partition coefficient (Wildman–Crippen LogP) is 1.10. The van der Waals surface area contributed by atoms with E-state index in [1.165, 1.54) is 15.4 Å². The summed E-state index contributed by atoms with van der Waals surface area (Å²) in [4.78, 5) is 27.7. The van der Waals surface area contributed by atoms with Gasteiger partial charge in [0.2, 0.25) is 0 Å². The second-order valence-electron chi connectivity index (χ2n) is 4.94. The van der Waals surface area contributed by atoms with E-state index in [2.05, 4.69) is 10.1 Å². The van der Waals surface area contributed by atoms with Gasteiger partial charge in [-0.3, -0.25) is 9.55 Å². The maximum atomic E-state index is 12.3. The lowest BCUT2D eigenvalue weighted by molar-refractivity contribution is -0.141. The van der Waals surface area contributed by atoms with Gasteiger partial charge in [0, 0.05) is 12.6 Å². The second-order valence-corrected chi connectivity index (χ2v) is 5.38. The number of aryl methyl sites for hydroxylation is 1. The second kappa shape index (κ2) is 5.33. The van der Waals surface area contributed by atoms with Crippen molar-refractivity contribution < 1.29 is 9.90 Å². The first-order valence-corrected chi connectivity index (χ1v) is 6.95. The number of nitrogens with zero attached hydrogens (tertiary/aromatic N) is 4. The molecule has 2 aromatic heterocycles. The van der Waals surface area contributed by atoms with Crippen LogP contribution in [0.4, 0.5) is 0 Å². The van der Waals surface area contributed by atoms with Crippen molar-refractivity contribution in [1.29, 1.82) is 0 Å². The summed E-state index contributed by atoms with van der Waals surface area (Å²) in [5.74, 6) is -0.477. The zero-order chi connectivity index (χ0) is 15.0. The smallest absolute Gasteiger partial charge is 0.347 e. The fourth-order valence-electron chi connectivity index (χ4n) is 2.52. The van der Waals surface area contributed by atoms with Gasteiger partial charge >= 0.3 is 11.7 Å². The topological polar surface area (TPSA) is 90.0 Å². The van der Waals surface area contributed by atoms with Crippen LogP contribution in [-0.4, -0.2) is 30.4 Å². The van der Waals surface area contributed by atoms with E-state index >= 15 is 0 Å². The van der Waals surface area contributed by atoms with Crippen LogP contribution in [-0.2, 0) is 17.8 Å². The molecule has 0 radical (unpaired) electrons. The van der Waals surface area contributed by atoms with Gasteiger partial charge in [-0.25, -0.2) is 14.3 Å². The molecule has 2 aromatic rings. The van der Waals surface area contributed by atoms with Gasteiger partial charge < -0.3 is 5.11 Å². The summed E-state index contributed by atoms with van der Waals surface area (Å²) >= 11 is 5.77. The first-order chi connectivity index (χ1) is 10.1. The number of aliphatic carboxylic acids is 1. The molecule has 0 amide bonds. The molecule has 0 saturated heterocycles. The lowest BCUT2D eigenvalue weighted by Crippen LogP contribution is -2.34. The van der Waals surface area contributed by atoms with Gasteiger partial charge in [-0.15, -0.1) is 0 Å². The molecular weight excluding hydrogens is 296 g/mol. The van der Waals surface area contributed by atoms with Crippen LogP contribution in [0.2, 0.25) is 5.02 Å². The van der Waals surface area contributed by atoms with Crippen molar-refractivity contribution in [3.63, 3.8) is 0 Å². The van der Waals surface area contributed by atoms with Crippen molar-refractivity contribution in [3.05, 3.63) is 45.4 Å². The predicted molar refractivity (Wildman–Crippen MR) is 74.4 cm³/mol. The Kier molecular flexibility index (Phi) is 3.50. The number of hydrogen-bond acceptors (Lipinski definition) is 4. The molecule has 0 aliphatic carbocycles. The summed E-state index contributed by atoms with van der Waals surface area (Å²) in [7, 11) is 0. The zero-order valence-electron chi connectivity index (χ0n) is 11.1. The first kappa shape index (κ1) is 13.8. The van der Waals surface area contributed by atoms with Gasteiger partial charge in [-0.05, 0) is 25.0 Å². The molecule has 0 aromatic carbocycles. The number of aromatic nitrogens is 4. The van der Waals surface area contributed by atoms with Crippen LogP contribution in [0.25, 0.3) is 0 Å². The SMILES string of the molecule is O=C(O)[C@@H]1CCCc2nn(Cc3ccc(Cl)cn3)c(=O)n21. The standard InChI is InChI=1S/C13H13ClN4O3/c14-8-4-5-9(15-6-8)7-17-13(21)18-10(12(19)20)2-1-3-11(18)16-17/h4-6,10H,1-3,7H2,(H,19,20)/t10-/m0/s1. The highest BCUT2D eigenvalue weighted by molar-refractivity contribution is 6.30. The average Bonchev–Trinajstić information content (AvgIpc) is 2.78. The maximum absolute atomic E-state index is 12.3. The molecule has 110 valence electrons. The molecule has 0 bridgehead atoms. The van der Waals surface area contributed by atoms with Crippen molar-refractivity contribution in [2.24, 2.45) is 0 Å². The van der Waals surface area contributed by atoms with E-state index in [9.17, 15) is 14.7 Å². The van der Waals surface area contributed by atoms with Gasteiger partial charge in [-0.1, -0.05) is 11.6 Å². The van der Waals surface area contributed by atoms with Gasteiger partial charge in [0.05, 0.1) is 17.3 Å². The Balaban J connectivity index is 1.96.